The zero-order valence-electron chi connectivity index (χ0n) is 11.8. The fourth-order valence-corrected chi connectivity index (χ4v) is 2.36. The second-order valence-electron chi connectivity index (χ2n) is 5.04. The maximum absolute atomic E-state index is 11.4. The zero-order chi connectivity index (χ0) is 14.5. The van der Waals surface area contributed by atoms with Crippen molar-refractivity contribution in [2.45, 2.75) is 6.42 Å². The third-order valence-electron chi connectivity index (χ3n) is 3.48. The molecule has 1 aromatic rings. The minimum Gasteiger partial charge on any atom is -0.492 e. The Bertz CT molecular complexity index is 536. The highest BCUT2D eigenvalue weighted by molar-refractivity contribution is 5.90. The summed E-state index contributed by atoms with van der Waals surface area (Å²) in [4.78, 5) is 13.7. The lowest BCUT2D eigenvalue weighted by atomic mass is 10.1. The van der Waals surface area contributed by atoms with Gasteiger partial charge in [-0.1, -0.05) is 0 Å². The summed E-state index contributed by atoms with van der Waals surface area (Å²) in [7, 11) is 3.40. The SMILES string of the molecule is COC(=O)c1ccc(OCC2CCN(C)C2)c(C#N)c1. The summed E-state index contributed by atoms with van der Waals surface area (Å²) in [6.07, 6.45) is 1.11. The lowest BCUT2D eigenvalue weighted by Crippen LogP contribution is -2.18. The molecule has 5 nitrogen and oxygen atoms in total. The molecule has 0 aromatic heterocycles. The van der Waals surface area contributed by atoms with Crippen molar-refractivity contribution >= 4 is 5.97 Å². The molecule has 106 valence electrons. The average Bonchev–Trinajstić information content (AvgIpc) is 2.89. The number of carbonyl (C=O) groups excluding carboxylic acids is 1. The monoisotopic (exact) mass is 274 g/mol. The summed E-state index contributed by atoms with van der Waals surface area (Å²) in [6, 6.07) is 6.83. The van der Waals surface area contributed by atoms with E-state index in [0.29, 0.717) is 29.4 Å². The van der Waals surface area contributed by atoms with Crippen LogP contribution in [0.4, 0.5) is 0 Å². The largest absolute Gasteiger partial charge is 0.492 e. The average molecular weight is 274 g/mol. The number of methoxy groups -OCH3 is 1. The molecular formula is C15H18N2O3. The van der Waals surface area contributed by atoms with Gasteiger partial charge in [0.05, 0.1) is 24.8 Å². The van der Waals surface area contributed by atoms with Gasteiger partial charge >= 0.3 is 5.97 Å². The predicted molar refractivity (Wildman–Crippen MR) is 73.6 cm³/mol. The fraction of sp³-hybridized carbons (Fsp3) is 0.467. The number of hydrogen-bond donors (Lipinski definition) is 0. The van der Waals surface area contributed by atoms with E-state index >= 15 is 0 Å². The van der Waals surface area contributed by atoms with Crippen LogP contribution >= 0.6 is 0 Å². The molecule has 1 atom stereocenters. The lowest BCUT2D eigenvalue weighted by Gasteiger charge is -2.13. The maximum atomic E-state index is 11.4. The summed E-state index contributed by atoms with van der Waals surface area (Å²) in [5, 5.41) is 9.14. The van der Waals surface area contributed by atoms with Gasteiger partial charge in [0.1, 0.15) is 11.8 Å². The van der Waals surface area contributed by atoms with E-state index in [1.54, 1.807) is 12.1 Å². The summed E-state index contributed by atoms with van der Waals surface area (Å²) in [5.74, 6) is 0.562. The Hall–Kier alpha value is -2.06. The number of esters is 1. The van der Waals surface area contributed by atoms with Crippen LogP contribution in [0.5, 0.6) is 5.75 Å². The van der Waals surface area contributed by atoms with Crippen LogP contribution in [0.3, 0.4) is 0 Å². The standard InChI is InChI=1S/C15H18N2O3/c1-17-6-5-11(9-17)10-20-14-4-3-12(15(18)19-2)7-13(14)8-16/h3-4,7,11H,5-6,9-10H2,1-2H3. The number of nitrogens with zero attached hydrogens (tertiary/aromatic N) is 2. The number of benzene rings is 1. The normalized spacial score (nSPS) is 18.6. The van der Waals surface area contributed by atoms with E-state index in [1.165, 1.54) is 13.2 Å². The van der Waals surface area contributed by atoms with Gasteiger partial charge < -0.3 is 14.4 Å². The van der Waals surface area contributed by atoms with E-state index in [-0.39, 0.29) is 0 Å². The van der Waals surface area contributed by atoms with Gasteiger partial charge in [-0.25, -0.2) is 4.79 Å². The van der Waals surface area contributed by atoms with E-state index in [1.807, 2.05) is 0 Å². The Morgan fingerprint density at radius 3 is 2.95 bits per heavy atom. The second kappa shape index (κ2) is 6.40. The molecule has 0 N–H and O–H groups in total. The van der Waals surface area contributed by atoms with Crippen LogP contribution < -0.4 is 4.74 Å². The molecule has 0 bridgehead atoms. The highest BCUT2D eigenvalue weighted by atomic mass is 16.5. The van der Waals surface area contributed by atoms with Crippen molar-refractivity contribution in [1.29, 1.82) is 5.26 Å². The van der Waals surface area contributed by atoms with Crippen LogP contribution in [0.15, 0.2) is 18.2 Å². The number of nitriles is 1. The molecule has 0 spiro atoms. The van der Waals surface area contributed by atoms with E-state index in [2.05, 4.69) is 22.8 Å². The first kappa shape index (κ1) is 14.4. The number of hydrogen-bond acceptors (Lipinski definition) is 5. The minimum atomic E-state index is -0.453. The summed E-state index contributed by atoms with van der Waals surface area (Å²) in [6.45, 7) is 2.69. The molecule has 0 amide bonds. The highest BCUT2D eigenvalue weighted by Crippen LogP contribution is 2.22. The fourth-order valence-electron chi connectivity index (χ4n) is 2.36. The van der Waals surface area contributed by atoms with Gasteiger partial charge in [0.25, 0.3) is 0 Å². The first-order chi connectivity index (χ1) is 9.63. The minimum absolute atomic E-state index is 0.358. The van der Waals surface area contributed by atoms with Crippen molar-refractivity contribution < 1.29 is 14.3 Å². The van der Waals surface area contributed by atoms with E-state index in [9.17, 15) is 4.79 Å². The molecule has 2 rings (SSSR count). The van der Waals surface area contributed by atoms with Gasteiger partial charge in [-0.3, -0.25) is 0 Å². The van der Waals surface area contributed by atoms with Crippen molar-refractivity contribution in [1.82, 2.24) is 4.90 Å². The summed E-state index contributed by atoms with van der Waals surface area (Å²) >= 11 is 0. The Balaban J connectivity index is 2.04. The van der Waals surface area contributed by atoms with Gasteiger partial charge in [-0.2, -0.15) is 5.26 Å². The molecule has 1 saturated heterocycles. The lowest BCUT2D eigenvalue weighted by molar-refractivity contribution is 0.0600. The number of likely N-dealkylation sites (tertiary alicyclic amines) is 1. The Morgan fingerprint density at radius 2 is 2.35 bits per heavy atom. The van der Waals surface area contributed by atoms with E-state index < -0.39 is 5.97 Å². The molecule has 1 heterocycles. The van der Waals surface area contributed by atoms with Crippen molar-refractivity contribution in [2.75, 3.05) is 33.9 Å². The molecule has 1 aliphatic heterocycles. The van der Waals surface area contributed by atoms with Crippen molar-refractivity contribution in [3.05, 3.63) is 29.3 Å². The van der Waals surface area contributed by atoms with Crippen molar-refractivity contribution in [3.8, 4) is 11.8 Å². The van der Waals surface area contributed by atoms with E-state index in [4.69, 9.17) is 10.00 Å². The first-order valence-corrected chi connectivity index (χ1v) is 6.58. The van der Waals surface area contributed by atoms with Gasteiger partial charge in [0, 0.05) is 12.5 Å². The van der Waals surface area contributed by atoms with Crippen LogP contribution in [0.1, 0.15) is 22.3 Å². The highest BCUT2D eigenvalue weighted by Gasteiger charge is 2.20. The molecular weight excluding hydrogens is 256 g/mol. The number of carbonyl (C=O) groups is 1. The number of ether oxygens (including phenoxy) is 2. The van der Waals surface area contributed by atoms with Gasteiger partial charge in [-0.05, 0) is 38.2 Å². The molecule has 0 radical (unpaired) electrons. The summed E-state index contributed by atoms with van der Waals surface area (Å²) in [5.41, 5.74) is 0.719. The van der Waals surface area contributed by atoms with Crippen molar-refractivity contribution in [2.24, 2.45) is 5.92 Å². The third kappa shape index (κ3) is 3.28. The van der Waals surface area contributed by atoms with E-state index in [0.717, 1.165) is 19.5 Å². The van der Waals surface area contributed by atoms with Crippen LogP contribution in [0.2, 0.25) is 0 Å². The van der Waals surface area contributed by atoms with Gasteiger partial charge in [-0.15, -0.1) is 0 Å². The maximum Gasteiger partial charge on any atom is 0.337 e. The molecule has 5 heteroatoms. The third-order valence-corrected chi connectivity index (χ3v) is 3.48. The topological polar surface area (TPSA) is 62.6 Å². The second-order valence-corrected chi connectivity index (χ2v) is 5.04. The number of rotatable bonds is 4. The molecule has 1 fully saturated rings. The molecule has 20 heavy (non-hydrogen) atoms. The van der Waals surface area contributed by atoms with Gasteiger partial charge in [0.2, 0.25) is 0 Å². The Morgan fingerprint density at radius 1 is 1.55 bits per heavy atom. The zero-order valence-corrected chi connectivity index (χ0v) is 11.8. The van der Waals surface area contributed by atoms with Crippen molar-refractivity contribution in [3.63, 3.8) is 0 Å². The van der Waals surface area contributed by atoms with Crippen LogP contribution in [0.25, 0.3) is 0 Å². The Kier molecular flexibility index (Phi) is 4.59. The molecule has 1 aliphatic rings. The quantitative estimate of drug-likeness (QED) is 0.782. The van der Waals surface area contributed by atoms with Crippen LogP contribution in [0, 0.1) is 17.2 Å². The molecule has 1 unspecified atom stereocenters. The molecule has 0 aliphatic carbocycles. The summed E-state index contributed by atoms with van der Waals surface area (Å²) < 4.78 is 10.4. The first-order valence-electron chi connectivity index (χ1n) is 6.58. The van der Waals surface area contributed by atoms with Crippen LogP contribution in [-0.2, 0) is 4.74 Å². The smallest absolute Gasteiger partial charge is 0.337 e. The Labute approximate surface area is 118 Å². The van der Waals surface area contributed by atoms with Crippen LogP contribution in [-0.4, -0.2) is 44.7 Å². The predicted octanol–water partition coefficient (Wildman–Crippen LogP) is 1.68. The molecule has 1 aromatic carbocycles. The van der Waals surface area contributed by atoms with Gasteiger partial charge in [0.15, 0.2) is 0 Å². The molecule has 0 saturated carbocycles.